The highest BCUT2D eigenvalue weighted by Gasteiger charge is 2.28. The Morgan fingerprint density at radius 2 is 1.53 bits per heavy atom. The van der Waals surface area contributed by atoms with Crippen LogP contribution in [-0.4, -0.2) is 29.2 Å². The van der Waals surface area contributed by atoms with Crippen LogP contribution < -0.4 is 5.32 Å². The molecule has 1 heterocycles. The monoisotopic (exact) mass is 454 g/mol. The number of imide groups is 1. The van der Waals surface area contributed by atoms with Crippen LogP contribution in [0.5, 0.6) is 0 Å². The number of carbonyl (C=O) groups is 3. The lowest BCUT2D eigenvalue weighted by atomic mass is 9.91. The van der Waals surface area contributed by atoms with Crippen LogP contribution in [0.1, 0.15) is 66.8 Å². The van der Waals surface area contributed by atoms with Crippen LogP contribution >= 0.6 is 0 Å². The van der Waals surface area contributed by atoms with Crippen molar-refractivity contribution in [1.82, 2.24) is 10.2 Å². The topological polar surface area (TPSA) is 66.5 Å². The molecule has 3 aromatic rings. The molecule has 5 nitrogen and oxygen atoms in total. The molecule has 1 fully saturated rings. The number of rotatable bonds is 9. The van der Waals surface area contributed by atoms with Crippen molar-refractivity contribution in [3.63, 3.8) is 0 Å². The van der Waals surface area contributed by atoms with Crippen LogP contribution in [0.15, 0.2) is 60.7 Å². The zero-order chi connectivity index (χ0) is 23.5. The Balaban J connectivity index is 1.27. The van der Waals surface area contributed by atoms with E-state index >= 15 is 0 Å². The molecule has 1 N–H and O–H groups in total. The number of hydrogen-bond donors (Lipinski definition) is 1. The number of aryl methyl sites for hydroxylation is 2. The summed E-state index contributed by atoms with van der Waals surface area (Å²) in [5, 5.41) is 5.86. The van der Waals surface area contributed by atoms with Crippen LogP contribution in [0.4, 0.5) is 0 Å². The Morgan fingerprint density at radius 3 is 2.29 bits per heavy atom. The molecule has 3 aromatic carbocycles. The van der Waals surface area contributed by atoms with Crippen molar-refractivity contribution in [1.29, 1.82) is 0 Å². The highest BCUT2D eigenvalue weighted by molar-refractivity contribution is 6.01. The van der Waals surface area contributed by atoms with Gasteiger partial charge in [-0.25, -0.2) is 0 Å². The lowest BCUT2D eigenvalue weighted by Gasteiger charge is -2.22. The smallest absolute Gasteiger partial charge is 0.229 e. The molecule has 1 aliphatic carbocycles. The number of unbranched alkanes of at least 4 members (excludes halogenated alkanes) is 2. The molecule has 5 heteroatoms. The Bertz CT molecular complexity index is 1210. The summed E-state index contributed by atoms with van der Waals surface area (Å²) in [5.41, 5.74) is 4.98. The number of nitrogens with one attached hydrogen (secondary N) is 1. The number of benzene rings is 3. The second-order valence-electron chi connectivity index (χ2n) is 9.31. The summed E-state index contributed by atoms with van der Waals surface area (Å²) in [7, 11) is 0. The maximum absolute atomic E-state index is 13.0. The van der Waals surface area contributed by atoms with E-state index in [9.17, 15) is 14.4 Å². The molecule has 3 amide bonds. The van der Waals surface area contributed by atoms with Crippen molar-refractivity contribution < 1.29 is 14.4 Å². The van der Waals surface area contributed by atoms with Crippen molar-refractivity contribution in [2.45, 2.75) is 57.4 Å². The van der Waals surface area contributed by atoms with E-state index in [-0.39, 0.29) is 23.8 Å². The van der Waals surface area contributed by atoms with Gasteiger partial charge in [-0.15, -0.1) is 0 Å². The predicted octanol–water partition coefficient (Wildman–Crippen LogP) is 4.85. The van der Waals surface area contributed by atoms with Crippen LogP contribution in [0.25, 0.3) is 10.8 Å². The van der Waals surface area contributed by atoms with E-state index in [1.807, 2.05) is 18.2 Å². The molecule has 0 bridgehead atoms. The Hall–Kier alpha value is -3.47. The molecule has 0 aromatic heterocycles. The first-order valence-corrected chi connectivity index (χ1v) is 12.3. The molecule has 0 unspecified atom stereocenters. The van der Waals surface area contributed by atoms with Gasteiger partial charge in [0, 0.05) is 25.8 Å². The lowest BCUT2D eigenvalue weighted by Crippen LogP contribution is -2.30. The van der Waals surface area contributed by atoms with Gasteiger partial charge in [0.15, 0.2) is 0 Å². The van der Waals surface area contributed by atoms with Gasteiger partial charge in [0.2, 0.25) is 17.7 Å². The highest BCUT2D eigenvalue weighted by Crippen LogP contribution is 2.36. The zero-order valence-electron chi connectivity index (χ0n) is 19.4. The van der Waals surface area contributed by atoms with Gasteiger partial charge in [-0.2, -0.15) is 0 Å². The summed E-state index contributed by atoms with van der Waals surface area (Å²) in [4.78, 5) is 37.8. The molecular formula is C29H30N2O3. The Morgan fingerprint density at radius 1 is 0.794 bits per heavy atom. The molecule has 1 atom stereocenters. The minimum Gasteiger partial charge on any atom is -0.345 e. The van der Waals surface area contributed by atoms with E-state index in [1.54, 1.807) is 0 Å². The van der Waals surface area contributed by atoms with Crippen molar-refractivity contribution in [3.8, 4) is 0 Å². The third-order valence-corrected chi connectivity index (χ3v) is 7.10. The van der Waals surface area contributed by atoms with Crippen LogP contribution in [-0.2, 0) is 27.2 Å². The first-order valence-electron chi connectivity index (χ1n) is 12.3. The molecule has 0 saturated carbocycles. The molecule has 1 saturated heterocycles. The van der Waals surface area contributed by atoms with Gasteiger partial charge in [-0.05, 0) is 58.7 Å². The maximum Gasteiger partial charge on any atom is 0.229 e. The van der Waals surface area contributed by atoms with Gasteiger partial charge >= 0.3 is 0 Å². The van der Waals surface area contributed by atoms with Gasteiger partial charge in [-0.1, -0.05) is 67.1 Å². The zero-order valence-corrected chi connectivity index (χ0v) is 19.4. The first-order chi connectivity index (χ1) is 16.6. The lowest BCUT2D eigenvalue weighted by molar-refractivity contribution is -0.138. The van der Waals surface area contributed by atoms with Crippen molar-refractivity contribution in [3.05, 3.63) is 82.9 Å². The van der Waals surface area contributed by atoms with E-state index < -0.39 is 0 Å². The minimum atomic E-state index is -0.210. The van der Waals surface area contributed by atoms with Crippen LogP contribution in [0, 0.1) is 0 Å². The van der Waals surface area contributed by atoms with Gasteiger partial charge < -0.3 is 5.32 Å². The summed E-state index contributed by atoms with van der Waals surface area (Å²) in [5.74, 6) is -0.122. The van der Waals surface area contributed by atoms with E-state index in [4.69, 9.17) is 0 Å². The second-order valence-corrected chi connectivity index (χ2v) is 9.31. The maximum atomic E-state index is 13.0. The van der Waals surface area contributed by atoms with E-state index in [0.717, 1.165) is 43.2 Å². The predicted molar refractivity (Wildman–Crippen MR) is 132 cm³/mol. The molecule has 34 heavy (non-hydrogen) atoms. The van der Waals surface area contributed by atoms with E-state index in [1.165, 1.54) is 26.8 Å². The molecular weight excluding hydrogens is 424 g/mol. The molecule has 0 spiro atoms. The Labute approximate surface area is 200 Å². The summed E-state index contributed by atoms with van der Waals surface area (Å²) < 4.78 is 0. The third kappa shape index (κ3) is 4.47. The van der Waals surface area contributed by atoms with Gasteiger partial charge in [-0.3, -0.25) is 19.3 Å². The molecule has 2 aliphatic rings. The highest BCUT2D eigenvalue weighted by atomic mass is 16.2. The fourth-order valence-corrected chi connectivity index (χ4v) is 5.34. The van der Waals surface area contributed by atoms with Crippen LogP contribution in [0.3, 0.4) is 0 Å². The number of likely N-dealkylation sites (tertiary alicyclic amines) is 1. The van der Waals surface area contributed by atoms with E-state index in [2.05, 4.69) is 47.8 Å². The standard InChI is InChI=1S/C29H30N2O3/c32-25(12-5-2-6-19-31-26(33)17-18-27(31)34)30-29(22-8-3-1-4-9-22)24-16-15-21-14-13-20-10-7-11-23(24)28(20)21/h1,3-4,7-11,15-16,29H,2,5-6,12-14,17-19H2,(H,30,32)/t29-/m0/s1. The van der Waals surface area contributed by atoms with Gasteiger partial charge in [0.1, 0.15) is 0 Å². The quantitative estimate of drug-likeness (QED) is 0.371. The van der Waals surface area contributed by atoms with Crippen LogP contribution in [0.2, 0.25) is 0 Å². The fourth-order valence-electron chi connectivity index (χ4n) is 5.34. The van der Waals surface area contributed by atoms with E-state index in [0.29, 0.717) is 25.8 Å². The number of amides is 3. The molecule has 174 valence electrons. The SMILES string of the molecule is O=C(CCCCCN1C(=O)CCC1=O)N[C@@H](c1ccccc1)c1ccc2c3c(cccc13)CC2. The van der Waals surface area contributed by atoms with Crippen molar-refractivity contribution >= 4 is 28.5 Å². The number of hydrogen-bond acceptors (Lipinski definition) is 3. The molecule has 1 aliphatic heterocycles. The van der Waals surface area contributed by atoms with Crippen molar-refractivity contribution in [2.24, 2.45) is 0 Å². The average molecular weight is 455 g/mol. The summed E-state index contributed by atoms with van der Waals surface area (Å²) in [6, 6.07) is 20.8. The average Bonchev–Trinajstić information content (AvgIpc) is 3.42. The normalized spacial score (nSPS) is 15.8. The summed E-state index contributed by atoms with van der Waals surface area (Å²) >= 11 is 0. The van der Waals surface area contributed by atoms with Gasteiger partial charge in [0.25, 0.3) is 0 Å². The summed E-state index contributed by atoms with van der Waals surface area (Å²) in [6.45, 7) is 0.465. The third-order valence-electron chi connectivity index (χ3n) is 7.10. The largest absolute Gasteiger partial charge is 0.345 e. The second kappa shape index (κ2) is 9.80. The summed E-state index contributed by atoms with van der Waals surface area (Å²) in [6.07, 6.45) is 5.52. The molecule has 0 radical (unpaired) electrons. The fraction of sp³-hybridized carbons (Fsp3) is 0.345. The Kier molecular flexibility index (Phi) is 6.43. The number of nitrogens with zero attached hydrogens (tertiary/aromatic N) is 1. The van der Waals surface area contributed by atoms with Gasteiger partial charge in [0.05, 0.1) is 6.04 Å². The first kappa shape index (κ1) is 22.3. The minimum absolute atomic E-state index is 0.0189. The molecule has 5 rings (SSSR count). The van der Waals surface area contributed by atoms with Crippen molar-refractivity contribution in [2.75, 3.05) is 6.54 Å². The number of carbonyl (C=O) groups excluding carboxylic acids is 3.